The Morgan fingerprint density at radius 1 is 1.48 bits per heavy atom. The smallest absolute Gasteiger partial charge is 0.411 e. The molecule has 0 aliphatic rings. The lowest BCUT2D eigenvalue weighted by Gasteiger charge is -2.15. The zero-order chi connectivity index (χ0) is 17.2. The van der Waals surface area contributed by atoms with Gasteiger partial charge in [-0.05, 0) is 22.0 Å². The Morgan fingerprint density at radius 3 is 2.78 bits per heavy atom. The minimum absolute atomic E-state index is 0.324. The van der Waals surface area contributed by atoms with E-state index < -0.39 is 14.2 Å². The summed E-state index contributed by atoms with van der Waals surface area (Å²) in [4.78, 5) is 21.0. The number of hydrogen-bond donors (Lipinski definition) is 1. The minimum Gasteiger partial charge on any atom is -0.465 e. The number of hydrogen-bond acceptors (Lipinski definition) is 4. The molecule has 2 rings (SSSR count). The number of aromatic nitrogens is 3. The molecular weight excluding hydrogens is 380 g/mol. The van der Waals surface area contributed by atoms with Crippen LogP contribution >= 0.6 is 15.9 Å². The molecule has 1 amide bonds. The van der Waals surface area contributed by atoms with Crippen molar-refractivity contribution in [3.8, 4) is 0 Å². The molecule has 23 heavy (non-hydrogen) atoms. The third-order valence-corrected chi connectivity index (χ3v) is 5.48. The van der Waals surface area contributed by atoms with Gasteiger partial charge in [-0.3, -0.25) is 4.90 Å². The third kappa shape index (κ3) is 4.52. The van der Waals surface area contributed by atoms with Crippen molar-refractivity contribution < 1.29 is 14.6 Å². The minimum atomic E-state index is -1.14. The van der Waals surface area contributed by atoms with Gasteiger partial charge >= 0.3 is 6.09 Å². The summed E-state index contributed by atoms with van der Waals surface area (Å²) < 4.78 is 8.08. The molecule has 0 bridgehead atoms. The van der Waals surface area contributed by atoms with Gasteiger partial charge in [-0.25, -0.2) is 14.8 Å². The molecule has 0 aliphatic heterocycles. The second-order valence-electron chi connectivity index (χ2n) is 6.54. The number of rotatable bonds is 6. The van der Waals surface area contributed by atoms with Crippen LogP contribution in [0.15, 0.2) is 17.0 Å². The van der Waals surface area contributed by atoms with Crippen molar-refractivity contribution >= 4 is 46.9 Å². The van der Waals surface area contributed by atoms with E-state index in [2.05, 4.69) is 45.5 Å². The number of carboxylic acid groups (broad SMARTS) is 1. The highest BCUT2D eigenvalue weighted by atomic mass is 79.9. The largest absolute Gasteiger partial charge is 0.465 e. The van der Waals surface area contributed by atoms with E-state index >= 15 is 0 Å². The van der Waals surface area contributed by atoms with Gasteiger partial charge in [0.05, 0.1) is 11.9 Å². The van der Waals surface area contributed by atoms with Gasteiger partial charge in [-0.2, -0.15) is 0 Å². The first-order valence-corrected chi connectivity index (χ1v) is 11.7. The fourth-order valence-electron chi connectivity index (χ4n) is 2.00. The molecule has 2 aromatic heterocycles. The first-order valence-electron chi connectivity index (χ1n) is 7.25. The number of nitrogens with zero attached hydrogens (tertiary/aromatic N) is 4. The second kappa shape index (κ2) is 6.98. The molecule has 2 heterocycles. The van der Waals surface area contributed by atoms with Crippen LogP contribution in [0.5, 0.6) is 0 Å². The lowest BCUT2D eigenvalue weighted by Crippen LogP contribution is -2.23. The molecule has 0 aromatic carbocycles. The Morgan fingerprint density at radius 2 is 2.17 bits per heavy atom. The standard InChI is InChI=1S/C14H21BrN4O3Si/c1-18(14(20)21)10-8-19(9-22-5-6-23(2,3)4)13-12(10)17-11(15)7-16-13/h7-8H,5-6,9H2,1-4H3,(H,20,21). The van der Waals surface area contributed by atoms with E-state index in [0.29, 0.717) is 34.8 Å². The Balaban J connectivity index is 2.25. The summed E-state index contributed by atoms with van der Waals surface area (Å²) in [6, 6.07) is 1.07. The van der Waals surface area contributed by atoms with Gasteiger partial charge in [-0.1, -0.05) is 19.6 Å². The van der Waals surface area contributed by atoms with Gasteiger partial charge in [0.15, 0.2) is 5.65 Å². The van der Waals surface area contributed by atoms with Crippen LogP contribution in [0.4, 0.5) is 10.5 Å². The molecule has 0 aliphatic carbocycles. The van der Waals surface area contributed by atoms with E-state index in [0.717, 1.165) is 10.9 Å². The summed E-state index contributed by atoms with van der Waals surface area (Å²) in [5, 5.41) is 9.21. The number of fused-ring (bicyclic) bond motifs is 1. The van der Waals surface area contributed by atoms with Crippen molar-refractivity contribution in [1.29, 1.82) is 0 Å². The molecule has 0 saturated carbocycles. The van der Waals surface area contributed by atoms with Gasteiger partial charge in [0, 0.05) is 27.9 Å². The molecule has 0 unspecified atom stereocenters. The second-order valence-corrected chi connectivity index (χ2v) is 13.0. The zero-order valence-electron chi connectivity index (χ0n) is 13.7. The quantitative estimate of drug-likeness (QED) is 0.591. The molecule has 0 spiro atoms. The van der Waals surface area contributed by atoms with E-state index in [1.807, 2.05) is 0 Å². The van der Waals surface area contributed by atoms with Crippen LogP contribution in [0.3, 0.4) is 0 Å². The molecule has 0 saturated heterocycles. The summed E-state index contributed by atoms with van der Waals surface area (Å²) in [6.45, 7) is 7.90. The van der Waals surface area contributed by atoms with Crippen molar-refractivity contribution in [2.75, 3.05) is 18.6 Å². The number of carbonyl (C=O) groups is 1. The molecule has 9 heteroatoms. The zero-order valence-corrected chi connectivity index (χ0v) is 16.3. The third-order valence-electron chi connectivity index (χ3n) is 3.39. The molecule has 0 radical (unpaired) electrons. The predicted octanol–water partition coefficient (Wildman–Crippen LogP) is 3.62. The van der Waals surface area contributed by atoms with Crippen LogP contribution in [0.25, 0.3) is 11.2 Å². The van der Waals surface area contributed by atoms with Crippen LogP contribution in [0.1, 0.15) is 0 Å². The van der Waals surface area contributed by atoms with Crippen LogP contribution in [-0.2, 0) is 11.5 Å². The fourth-order valence-corrected chi connectivity index (χ4v) is 3.04. The Kier molecular flexibility index (Phi) is 5.43. The molecule has 2 aromatic rings. The average Bonchev–Trinajstić information content (AvgIpc) is 2.79. The number of ether oxygens (including phenoxy) is 1. The molecule has 126 valence electrons. The van der Waals surface area contributed by atoms with Crippen LogP contribution < -0.4 is 4.90 Å². The van der Waals surface area contributed by atoms with Gasteiger partial charge in [0.2, 0.25) is 0 Å². The molecular formula is C14H21BrN4O3Si. The number of anilines is 1. The summed E-state index contributed by atoms with van der Waals surface area (Å²) in [7, 11) is 0.344. The Labute approximate surface area is 144 Å². The highest BCUT2D eigenvalue weighted by Crippen LogP contribution is 2.27. The average molecular weight is 401 g/mol. The van der Waals surface area contributed by atoms with Crippen LogP contribution in [0, 0.1) is 0 Å². The lowest BCUT2D eigenvalue weighted by atomic mass is 10.4. The summed E-state index contributed by atoms with van der Waals surface area (Å²) in [5.41, 5.74) is 1.61. The van der Waals surface area contributed by atoms with Crippen molar-refractivity contribution in [2.24, 2.45) is 0 Å². The van der Waals surface area contributed by atoms with Crippen molar-refractivity contribution in [3.63, 3.8) is 0 Å². The van der Waals surface area contributed by atoms with Gasteiger partial charge < -0.3 is 14.4 Å². The highest BCUT2D eigenvalue weighted by molar-refractivity contribution is 9.10. The van der Waals surface area contributed by atoms with Crippen LogP contribution in [-0.4, -0.2) is 47.5 Å². The van der Waals surface area contributed by atoms with E-state index in [1.165, 1.54) is 7.05 Å². The Hall–Kier alpha value is -1.45. The number of halogens is 1. The van der Waals surface area contributed by atoms with Crippen molar-refractivity contribution in [2.45, 2.75) is 32.4 Å². The topological polar surface area (TPSA) is 80.5 Å². The molecule has 1 N–H and O–H groups in total. The van der Waals surface area contributed by atoms with Gasteiger partial charge in [-0.15, -0.1) is 0 Å². The first kappa shape index (κ1) is 17.9. The summed E-state index contributed by atoms with van der Waals surface area (Å²) >= 11 is 3.27. The van der Waals surface area contributed by atoms with Crippen molar-refractivity contribution in [1.82, 2.24) is 14.5 Å². The summed E-state index contributed by atoms with van der Waals surface area (Å²) in [6.07, 6.45) is 2.25. The molecule has 0 fully saturated rings. The first-order chi connectivity index (χ1) is 10.7. The fraction of sp³-hybridized carbons (Fsp3) is 0.500. The maximum Gasteiger partial charge on any atom is 0.411 e. The van der Waals surface area contributed by atoms with E-state index in [9.17, 15) is 9.90 Å². The predicted molar refractivity (Wildman–Crippen MR) is 95.8 cm³/mol. The maximum absolute atomic E-state index is 11.2. The Bertz CT molecular complexity index is 714. The SMILES string of the molecule is CN(C(=O)O)c1cn(COCC[Si](C)(C)C)c2ncc(Br)nc12. The monoisotopic (exact) mass is 400 g/mol. The van der Waals surface area contributed by atoms with E-state index in [1.54, 1.807) is 17.0 Å². The molecule has 0 atom stereocenters. The maximum atomic E-state index is 11.2. The van der Waals surface area contributed by atoms with E-state index in [-0.39, 0.29) is 0 Å². The lowest BCUT2D eigenvalue weighted by molar-refractivity contribution is 0.0899. The highest BCUT2D eigenvalue weighted by Gasteiger charge is 2.19. The summed E-state index contributed by atoms with van der Waals surface area (Å²) in [5.74, 6) is 0. The van der Waals surface area contributed by atoms with Gasteiger partial charge in [0.25, 0.3) is 0 Å². The normalized spacial score (nSPS) is 11.9. The number of amides is 1. The van der Waals surface area contributed by atoms with Gasteiger partial charge in [0.1, 0.15) is 16.9 Å². The van der Waals surface area contributed by atoms with Crippen molar-refractivity contribution in [3.05, 3.63) is 17.0 Å². The van der Waals surface area contributed by atoms with E-state index in [4.69, 9.17) is 4.74 Å². The van der Waals surface area contributed by atoms with Crippen LogP contribution in [0.2, 0.25) is 25.7 Å². The molecule has 7 nitrogen and oxygen atoms in total.